The lowest BCUT2D eigenvalue weighted by molar-refractivity contribution is -0.125. The van der Waals surface area contributed by atoms with Gasteiger partial charge in [-0.3, -0.25) is 19.3 Å². The first-order chi connectivity index (χ1) is 16.8. The Bertz CT molecular complexity index is 1090. The summed E-state index contributed by atoms with van der Waals surface area (Å²) in [6, 6.07) is 6.87. The van der Waals surface area contributed by atoms with Crippen LogP contribution in [0.4, 0.5) is 15.8 Å². The van der Waals surface area contributed by atoms with Crippen molar-refractivity contribution in [2.24, 2.45) is 5.92 Å². The van der Waals surface area contributed by atoms with Crippen LogP contribution in [0.1, 0.15) is 28.9 Å². The van der Waals surface area contributed by atoms with E-state index < -0.39 is 11.9 Å². The highest BCUT2D eigenvalue weighted by molar-refractivity contribution is 7.18. The van der Waals surface area contributed by atoms with Gasteiger partial charge in [0.25, 0.3) is 11.8 Å². The SMILES string of the molecule is CN(CC1CCC1)[C@H](CNC(=O)c1ccc(Cl)s1)C(=O)Nc1ccc(N2CCOCC2=O)c(F)c1. The zero-order valence-corrected chi connectivity index (χ0v) is 21.0. The van der Waals surface area contributed by atoms with Crippen LogP contribution in [-0.2, 0) is 14.3 Å². The summed E-state index contributed by atoms with van der Waals surface area (Å²) in [5.41, 5.74) is 0.423. The third kappa shape index (κ3) is 6.38. The fraction of sp³-hybridized carbons (Fsp3) is 0.458. The summed E-state index contributed by atoms with van der Waals surface area (Å²) in [7, 11) is 1.85. The standard InChI is InChI=1S/C24H28ClFN4O4S/c1-29(13-15-3-2-4-15)19(12-27-24(33)20-7-8-21(25)35-20)23(32)28-16-5-6-18(17(26)11-16)30-9-10-34-14-22(30)31/h5-8,11,15,19H,2-4,9-10,12-14H2,1H3,(H,27,33)(H,28,32)/t19-/m1/s1. The van der Waals surface area contributed by atoms with Crippen LogP contribution in [-0.4, -0.2) is 68.6 Å². The lowest BCUT2D eigenvalue weighted by atomic mass is 9.85. The van der Waals surface area contributed by atoms with Crippen molar-refractivity contribution in [3.63, 3.8) is 0 Å². The molecule has 1 saturated heterocycles. The van der Waals surface area contributed by atoms with E-state index in [1.165, 1.54) is 34.8 Å². The van der Waals surface area contributed by atoms with Crippen LogP contribution in [0.25, 0.3) is 0 Å². The predicted octanol–water partition coefficient (Wildman–Crippen LogP) is 3.37. The molecule has 2 fully saturated rings. The molecule has 188 valence electrons. The number of ether oxygens (including phenoxy) is 1. The summed E-state index contributed by atoms with van der Waals surface area (Å²) >= 11 is 7.09. The summed E-state index contributed by atoms with van der Waals surface area (Å²) in [5, 5.41) is 5.58. The second kappa shape index (κ2) is 11.5. The second-order valence-electron chi connectivity index (χ2n) is 8.82. The molecular weight excluding hydrogens is 495 g/mol. The van der Waals surface area contributed by atoms with Crippen molar-refractivity contribution in [2.75, 3.05) is 50.1 Å². The normalized spacial score (nSPS) is 17.3. The van der Waals surface area contributed by atoms with Crippen LogP contribution in [0.3, 0.4) is 0 Å². The topological polar surface area (TPSA) is 91.0 Å². The molecule has 1 aromatic carbocycles. The highest BCUT2D eigenvalue weighted by Crippen LogP contribution is 2.28. The first-order valence-electron chi connectivity index (χ1n) is 11.5. The molecule has 0 radical (unpaired) electrons. The molecule has 11 heteroatoms. The molecule has 0 unspecified atom stereocenters. The molecule has 8 nitrogen and oxygen atoms in total. The molecular formula is C24H28ClFN4O4S. The molecule has 2 aliphatic rings. The van der Waals surface area contributed by atoms with Gasteiger partial charge < -0.3 is 20.3 Å². The van der Waals surface area contributed by atoms with Gasteiger partial charge in [-0.2, -0.15) is 0 Å². The van der Waals surface area contributed by atoms with E-state index in [1.54, 1.807) is 18.2 Å². The smallest absolute Gasteiger partial charge is 0.261 e. The number of amides is 3. The van der Waals surface area contributed by atoms with E-state index in [-0.39, 0.29) is 48.8 Å². The van der Waals surface area contributed by atoms with Gasteiger partial charge in [0.2, 0.25) is 5.91 Å². The maximum atomic E-state index is 14.8. The molecule has 1 aliphatic heterocycles. The van der Waals surface area contributed by atoms with Gasteiger partial charge in [0.15, 0.2) is 0 Å². The Morgan fingerprint density at radius 2 is 2.11 bits per heavy atom. The molecule has 1 aromatic heterocycles. The number of hydrogen-bond donors (Lipinski definition) is 2. The summed E-state index contributed by atoms with van der Waals surface area (Å²) < 4.78 is 20.4. The molecule has 4 rings (SSSR count). The van der Waals surface area contributed by atoms with E-state index in [4.69, 9.17) is 16.3 Å². The van der Waals surface area contributed by atoms with Crippen molar-refractivity contribution in [3.8, 4) is 0 Å². The number of thiophene rings is 1. The number of rotatable bonds is 9. The van der Waals surface area contributed by atoms with E-state index in [1.807, 2.05) is 11.9 Å². The average Bonchev–Trinajstić information content (AvgIpc) is 3.23. The molecule has 0 bridgehead atoms. The van der Waals surface area contributed by atoms with Crippen LogP contribution in [0.2, 0.25) is 4.34 Å². The van der Waals surface area contributed by atoms with Gasteiger partial charge in [0.05, 0.1) is 21.5 Å². The number of likely N-dealkylation sites (N-methyl/N-ethyl adjacent to an activating group) is 1. The quantitative estimate of drug-likeness (QED) is 0.527. The minimum absolute atomic E-state index is 0.0870. The van der Waals surface area contributed by atoms with Gasteiger partial charge in [-0.05, 0) is 56.1 Å². The maximum Gasteiger partial charge on any atom is 0.261 e. The van der Waals surface area contributed by atoms with Crippen molar-refractivity contribution >= 4 is 52.0 Å². The Kier molecular flexibility index (Phi) is 8.38. The van der Waals surface area contributed by atoms with Gasteiger partial charge in [-0.1, -0.05) is 18.0 Å². The molecule has 1 saturated carbocycles. The number of hydrogen-bond acceptors (Lipinski definition) is 6. The molecule has 1 atom stereocenters. The van der Waals surface area contributed by atoms with Crippen molar-refractivity contribution in [1.29, 1.82) is 0 Å². The summed E-state index contributed by atoms with van der Waals surface area (Å²) in [6.07, 6.45) is 3.42. The Hall–Kier alpha value is -2.53. The highest BCUT2D eigenvalue weighted by Gasteiger charge is 2.29. The first-order valence-corrected chi connectivity index (χ1v) is 12.7. The lowest BCUT2D eigenvalue weighted by Crippen LogP contribution is -2.51. The van der Waals surface area contributed by atoms with Crippen molar-refractivity contribution in [3.05, 3.63) is 45.4 Å². The second-order valence-corrected chi connectivity index (χ2v) is 10.5. The fourth-order valence-electron chi connectivity index (χ4n) is 4.17. The molecule has 2 N–H and O–H groups in total. The monoisotopic (exact) mass is 522 g/mol. The number of anilines is 2. The lowest BCUT2D eigenvalue weighted by Gasteiger charge is -2.34. The van der Waals surface area contributed by atoms with Crippen LogP contribution in [0.15, 0.2) is 30.3 Å². The van der Waals surface area contributed by atoms with E-state index in [0.717, 1.165) is 19.4 Å². The Morgan fingerprint density at radius 3 is 2.74 bits per heavy atom. The fourth-order valence-corrected chi connectivity index (χ4v) is 5.13. The zero-order chi connectivity index (χ0) is 24.9. The van der Waals surface area contributed by atoms with Crippen LogP contribution in [0, 0.1) is 11.7 Å². The molecule has 1 aliphatic carbocycles. The molecule has 35 heavy (non-hydrogen) atoms. The number of morpholine rings is 1. The summed E-state index contributed by atoms with van der Waals surface area (Å²) in [6.45, 7) is 1.33. The maximum absolute atomic E-state index is 14.8. The Labute approximate surface area is 212 Å². The predicted molar refractivity (Wildman–Crippen MR) is 134 cm³/mol. The van der Waals surface area contributed by atoms with E-state index in [0.29, 0.717) is 21.7 Å². The number of carbonyl (C=O) groups excluding carboxylic acids is 3. The van der Waals surface area contributed by atoms with E-state index in [9.17, 15) is 18.8 Å². The zero-order valence-electron chi connectivity index (χ0n) is 19.4. The minimum atomic E-state index is -0.654. The number of halogens is 2. The van der Waals surface area contributed by atoms with Crippen LogP contribution in [0.5, 0.6) is 0 Å². The van der Waals surface area contributed by atoms with E-state index in [2.05, 4.69) is 10.6 Å². The van der Waals surface area contributed by atoms with Gasteiger partial charge in [0.1, 0.15) is 18.5 Å². The molecule has 2 heterocycles. The van der Waals surface area contributed by atoms with Gasteiger partial charge in [0, 0.05) is 25.3 Å². The van der Waals surface area contributed by atoms with Gasteiger partial charge in [-0.15, -0.1) is 11.3 Å². The van der Waals surface area contributed by atoms with E-state index >= 15 is 0 Å². The van der Waals surface area contributed by atoms with Crippen molar-refractivity contribution in [2.45, 2.75) is 25.3 Å². The summed E-state index contributed by atoms with van der Waals surface area (Å²) in [5.74, 6) is -1.06. The molecule has 0 spiro atoms. The third-order valence-electron chi connectivity index (χ3n) is 6.35. The Morgan fingerprint density at radius 1 is 1.31 bits per heavy atom. The van der Waals surface area contributed by atoms with Crippen molar-refractivity contribution < 1.29 is 23.5 Å². The number of carbonyl (C=O) groups is 3. The Balaban J connectivity index is 1.44. The van der Waals surface area contributed by atoms with Crippen LogP contribution < -0.4 is 15.5 Å². The van der Waals surface area contributed by atoms with Crippen molar-refractivity contribution in [1.82, 2.24) is 10.2 Å². The van der Waals surface area contributed by atoms with Gasteiger partial charge >= 0.3 is 0 Å². The third-order valence-corrected chi connectivity index (χ3v) is 7.58. The molecule has 3 amide bonds. The average molecular weight is 523 g/mol. The van der Waals surface area contributed by atoms with Gasteiger partial charge in [-0.25, -0.2) is 4.39 Å². The number of nitrogens with one attached hydrogen (secondary N) is 2. The minimum Gasteiger partial charge on any atom is -0.370 e. The molecule has 2 aromatic rings. The summed E-state index contributed by atoms with van der Waals surface area (Å²) in [4.78, 5) is 41.5. The van der Waals surface area contributed by atoms with Crippen LogP contribution >= 0.6 is 22.9 Å². The number of benzene rings is 1. The number of nitrogens with zero attached hydrogens (tertiary/aromatic N) is 2. The highest BCUT2D eigenvalue weighted by atomic mass is 35.5. The largest absolute Gasteiger partial charge is 0.370 e. The first kappa shape index (κ1) is 25.6.